The molecule has 0 aliphatic carbocycles. The molecule has 2 heterocycles. The molecule has 2 fully saturated rings. The van der Waals surface area contributed by atoms with Crippen LogP contribution in [0.2, 0.25) is 0 Å². The Hall–Kier alpha value is -1.80. The Morgan fingerprint density at radius 2 is 1.90 bits per heavy atom. The van der Waals surface area contributed by atoms with Gasteiger partial charge in [0.2, 0.25) is 0 Å². The zero-order valence-corrected chi connectivity index (χ0v) is 18.7. The number of methoxy groups -OCH3 is 1. The van der Waals surface area contributed by atoms with E-state index in [-0.39, 0.29) is 11.2 Å². The van der Waals surface area contributed by atoms with Gasteiger partial charge in [0.05, 0.1) is 17.6 Å². The second kappa shape index (κ2) is 8.52. The molecule has 0 radical (unpaired) electrons. The van der Waals surface area contributed by atoms with Crippen LogP contribution in [0.25, 0.3) is 0 Å². The molecule has 0 atom stereocenters. The molecule has 29 heavy (non-hydrogen) atoms. The third-order valence-electron chi connectivity index (χ3n) is 6.29. The predicted octanol–water partition coefficient (Wildman–Crippen LogP) is 1.83. The highest BCUT2D eigenvalue weighted by molar-refractivity contribution is 7.92. The Labute approximate surface area is 174 Å². The molecule has 1 aromatic rings. The van der Waals surface area contributed by atoms with Gasteiger partial charge >= 0.3 is 0 Å². The molecule has 3 rings (SSSR count). The van der Waals surface area contributed by atoms with Crippen LogP contribution in [0.4, 0.5) is 0 Å². The number of benzene rings is 1. The van der Waals surface area contributed by atoms with E-state index in [1.165, 1.54) is 5.56 Å². The minimum absolute atomic E-state index is 0.0577. The number of ether oxygens (including phenoxy) is 2. The second-order valence-corrected chi connectivity index (χ2v) is 11.3. The average molecular weight is 424 g/mol. The van der Waals surface area contributed by atoms with Crippen LogP contribution in [0, 0.1) is 0 Å². The number of sulfone groups is 1. The monoisotopic (exact) mass is 423 g/mol. The largest absolute Gasteiger partial charge is 0.497 e. The molecule has 0 aromatic heterocycles. The third-order valence-corrected chi connectivity index (χ3v) is 8.82. The zero-order valence-electron chi connectivity index (χ0n) is 17.9. The number of hydrogen-bond acceptors (Lipinski definition) is 5. The molecule has 1 N–H and O–H groups in total. The van der Waals surface area contributed by atoms with E-state index >= 15 is 0 Å². The Morgan fingerprint density at radius 3 is 2.45 bits per heavy atom. The Bertz CT molecular complexity index is 828. The van der Waals surface area contributed by atoms with Gasteiger partial charge in [0.25, 0.3) is 0 Å². The number of nitrogens with one attached hydrogen (secondary N) is 1. The van der Waals surface area contributed by atoms with Crippen LogP contribution in [0.15, 0.2) is 29.3 Å². The van der Waals surface area contributed by atoms with Gasteiger partial charge in [0.1, 0.15) is 5.75 Å². The summed E-state index contributed by atoms with van der Waals surface area (Å²) in [6.07, 6.45) is 1.84. The molecule has 2 aliphatic rings. The van der Waals surface area contributed by atoms with Crippen LogP contribution in [-0.2, 0) is 20.0 Å². The molecule has 8 heteroatoms. The first-order chi connectivity index (χ1) is 13.7. The lowest BCUT2D eigenvalue weighted by molar-refractivity contribution is 0.0511. The smallest absolute Gasteiger partial charge is 0.193 e. The van der Waals surface area contributed by atoms with Gasteiger partial charge in [-0.2, -0.15) is 0 Å². The van der Waals surface area contributed by atoms with E-state index in [0.29, 0.717) is 13.1 Å². The fourth-order valence-corrected chi connectivity index (χ4v) is 5.55. The minimum atomic E-state index is -3.09. The van der Waals surface area contributed by atoms with Crippen LogP contribution < -0.4 is 10.1 Å². The third kappa shape index (κ3) is 4.53. The Kier molecular flexibility index (Phi) is 6.43. The number of nitrogens with zero attached hydrogens (tertiary/aromatic N) is 2. The standard InChI is InChI=1S/C21H33N3O4S/c1-20(2)16-24(11-14-29(20,25)26)19(22-3)23-15-21(9-12-28-13-10-21)17-5-7-18(27-4)8-6-17/h5-8H,9-16H2,1-4H3,(H,22,23). The molecule has 0 unspecified atom stereocenters. The maximum Gasteiger partial charge on any atom is 0.193 e. The lowest BCUT2D eigenvalue weighted by atomic mass is 9.74. The van der Waals surface area contributed by atoms with E-state index in [9.17, 15) is 8.42 Å². The van der Waals surface area contributed by atoms with Crippen molar-refractivity contribution in [2.45, 2.75) is 36.9 Å². The Balaban J connectivity index is 1.76. The summed E-state index contributed by atoms with van der Waals surface area (Å²) in [4.78, 5) is 6.50. The molecular weight excluding hydrogens is 390 g/mol. The molecule has 162 valence electrons. The van der Waals surface area contributed by atoms with E-state index in [0.717, 1.165) is 44.3 Å². The van der Waals surface area contributed by atoms with Crippen molar-refractivity contribution in [3.8, 4) is 5.75 Å². The van der Waals surface area contributed by atoms with E-state index < -0.39 is 14.6 Å². The first kappa shape index (κ1) is 21.9. The van der Waals surface area contributed by atoms with Crippen molar-refractivity contribution in [3.63, 3.8) is 0 Å². The number of hydrogen-bond donors (Lipinski definition) is 1. The van der Waals surface area contributed by atoms with Gasteiger partial charge in [-0.05, 0) is 44.4 Å². The molecule has 2 saturated heterocycles. The first-order valence-corrected chi connectivity index (χ1v) is 11.8. The quantitative estimate of drug-likeness (QED) is 0.588. The van der Waals surface area contributed by atoms with E-state index in [1.807, 2.05) is 12.1 Å². The average Bonchev–Trinajstić information content (AvgIpc) is 2.72. The van der Waals surface area contributed by atoms with Crippen molar-refractivity contribution < 1.29 is 17.9 Å². The Morgan fingerprint density at radius 1 is 1.24 bits per heavy atom. The minimum Gasteiger partial charge on any atom is -0.497 e. The summed E-state index contributed by atoms with van der Waals surface area (Å²) in [6, 6.07) is 8.26. The van der Waals surface area contributed by atoms with Crippen molar-refractivity contribution in [1.82, 2.24) is 10.2 Å². The van der Waals surface area contributed by atoms with Crippen molar-refractivity contribution in [2.24, 2.45) is 4.99 Å². The van der Waals surface area contributed by atoms with Crippen molar-refractivity contribution in [2.75, 3.05) is 52.8 Å². The van der Waals surface area contributed by atoms with Crippen molar-refractivity contribution >= 4 is 15.8 Å². The number of guanidine groups is 1. The summed E-state index contributed by atoms with van der Waals surface area (Å²) in [5, 5.41) is 3.54. The van der Waals surface area contributed by atoms with Gasteiger partial charge in [-0.15, -0.1) is 0 Å². The highest BCUT2D eigenvalue weighted by Crippen LogP contribution is 2.35. The SMILES string of the molecule is CN=C(NCC1(c2ccc(OC)cc2)CCOCC1)N1CCS(=O)(=O)C(C)(C)C1. The normalized spacial score (nSPS) is 23.4. The predicted molar refractivity (Wildman–Crippen MR) is 116 cm³/mol. The second-order valence-electron chi connectivity index (χ2n) is 8.52. The number of aliphatic imine (C=N–C) groups is 1. The summed E-state index contributed by atoms with van der Waals surface area (Å²) >= 11 is 0. The van der Waals surface area contributed by atoms with E-state index in [4.69, 9.17) is 9.47 Å². The molecule has 1 aromatic carbocycles. The van der Waals surface area contributed by atoms with Gasteiger partial charge < -0.3 is 19.7 Å². The maximum atomic E-state index is 12.3. The van der Waals surface area contributed by atoms with Gasteiger partial charge in [-0.3, -0.25) is 4.99 Å². The van der Waals surface area contributed by atoms with E-state index in [1.54, 1.807) is 28.0 Å². The lowest BCUT2D eigenvalue weighted by Gasteiger charge is -2.42. The van der Waals surface area contributed by atoms with E-state index in [2.05, 4.69) is 27.3 Å². The summed E-state index contributed by atoms with van der Waals surface area (Å²) in [5.74, 6) is 1.75. The van der Waals surface area contributed by atoms with Gasteiger partial charge in [0, 0.05) is 45.3 Å². The topological polar surface area (TPSA) is 80.2 Å². The summed E-state index contributed by atoms with van der Waals surface area (Å²) in [5.41, 5.74) is 1.20. The van der Waals surface area contributed by atoms with Crippen LogP contribution in [0.1, 0.15) is 32.3 Å². The zero-order chi connectivity index (χ0) is 21.1. The highest BCUT2D eigenvalue weighted by atomic mass is 32.2. The summed E-state index contributed by atoms with van der Waals surface area (Å²) < 4.78 is 34.8. The molecule has 0 bridgehead atoms. The molecule has 0 spiro atoms. The lowest BCUT2D eigenvalue weighted by Crippen LogP contribution is -2.58. The van der Waals surface area contributed by atoms with Crippen LogP contribution in [-0.4, -0.2) is 76.8 Å². The first-order valence-electron chi connectivity index (χ1n) is 10.1. The maximum absolute atomic E-state index is 12.3. The van der Waals surface area contributed by atoms with Crippen LogP contribution in [0.5, 0.6) is 5.75 Å². The summed E-state index contributed by atoms with van der Waals surface area (Å²) in [6.45, 7) is 6.65. The fourth-order valence-electron chi connectivity index (χ4n) is 4.18. The highest BCUT2D eigenvalue weighted by Gasteiger charge is 2.41. The molecule has 7 nitrogen and oxygen atoms in total. The molecular formula is C21H33N3O4S. The fraction of sp³-hybridized carbons (Fsp3) is 0.667. The van der Waals surface area contributed by atoms with Crippen LogP contribution >= 0.6 is 0 Å². The van der Waals surface area contributed by atoms with Crippen molar-refractivity contribution in [1.29, 1.82) is 0 Å². The van der Waals surface area contributed by atoms with Crippen molar-refractivity contribution in [3.05, 3.63) is 29.8 Å². The molecule has 0 saturated carbocycles. The van der Waals surface area contributed by atoms with Gasteiger partial charge in [-0.1, -0.05) is 12.1 Å². The van der Waals surface area contributed by atoms with Gasteiger partial charge in [0.15, 0.2) is 15.8 Å². The molecule has 2 aliphatic heterocycles. The molecule has 0 amide bonds. The number of rotatable bonds is 4. The van der Waals surface area contributed by atoms with Crippen LogP contribution in [0.3, 0.4) is 0 Å². The van der Waals surface area contributed by atoms with Gasteiger partial charge in [-0.25, -0.2) is 8.42 Å². The summed E-state index contributed by atoms with van der Waals surface area (Å²) in [7, 11) is 0.339.